The van der Waals surface area contributed by atoms with Crippen LogP contribution in [-0.2, 0) is 4.79 Å². The highest BCUT2D eigenvalue weighted by Crippen LogP contribution is 2.68. The average molecular weight is 443 g/mol. The number of hydrogen-bond donors (Lipinski definition) is 2. The van der Waals surface area contributed by atoms with Crippen molar-refractivity contribution < 1.29 is 15.0 Å². The van der Waals surface area contributed by atoms with E-state index in [9.17, 15) is 15.0 Å². The molecule has 4 aliphatic carbocycles. The van der Waals surface area contributed by atoms with Crippen molar-refractivity contribution in [3.8, 4) is 0 Å². The molecule has 0 radical (unpaired) electrons. The molecule has 2 fully saturated rings. The number of carboxylic acid groups (broad SMARTS) is 1. The van der Waals surface area contributed by atoms with E-state index in [-0.39, 0.29) is 11.3 Å². The average Bonchev–Trinajstić information content (AvgIpc) is 3.08. The van der Waals surface area contributed by atoms with E-state index in [4.69, 9.17) is 0 Å². The maximum atomic E-state index is 12.3. The van der Waals surface area contributed by atoms with Crippen molar-refractivity contribution in [2.45, 2.75) is 112 Å². The summed E-state index contributed by atoms with van der Waals surface area (Å²) in [5, 5.41) is 20.9. The number of carbonyl (C=O) groups is 1. The minimum Gasteiger partial charge on any atom is -0.481 e. The van der Waals surface area contributed by atoms with Crippen LogP contribution in [0, 0.1) is 39.9 Å². The molecule has 0 amide bonds. The topological polar surface area (TPSA) is 57.5 Å². The maximum absolute atomic E-state index is 12.3. The molecule has 32 heavy (non-hydrogen) atoms. The molecule has 0 aromatic carbocycles. The maximum Gasteiger partial charge on any atom is 0.312 e. The molecule has 3 heteroatoms. The van der Waals surface area contributed by atoms with E-state index in [1.807, 2.05) is 6.92 Å². The number of allylic oxidation sites excluding steroid dienone is 4. The fraction of sp³-hybridized carbons (Fsp3) is 0.828. The molecule has 8 atom stereocenters. The highest BCUT2D eigenvalue weighted by atomic mass is 16.4. The van der Waals surface area contributed by atoms with Crippen LogP contribution in [0.3, 0.4) is 0 Å². The molecule has 2 saturated carbocycles. The van der Waals surface area contributed by atoms with Gasteiger partial charge in [0.2, 0.25) is 0 Å². The molecule has 0 heterocycles. The molecule has 0 aromatic rings. The predicted octanol–water partition coefficient (Wildman–Crippen LogP) is 7.15. The Morgan fingerprint density at radius 2 is 1.81 bits per heavy atom. The summed E-state index contributed by atoms with van der Waals surface area (Å²) in [7, 11) is 0. The van der Waals surface area contributed by atoms with Crippen LogP contribution >= 0.6 is 0 Å². The highest BCUT2D eigenvalue weighted by Gasteiger charge is 2.62. The minimum atomic E-state index is -1.02. The van der Waals surface area contributed by atoms with E-state index in [0.717, 1.165) is 37.5 Å². The van der Waals surface area contributed by atoms with Gasteiger partial charge in [-0.15, -0.1) is 0 Å². The van der Waals surface area contributed by atoms with Gasteiger partial charge >= 0.3 is 5.97 Å². The third-order valence-corrected chi connectivity index (χ3v) is 11.0. The lowest BCUT2D eigenvalue weighted by molar-refractivity contribution is -0.175. The van der Waals surface area contributed by atoms with Crippen LogP contribution in [0.1, 0.15) is 106 Å². The molecule has 1 unspecified atom stereocenters. The number of hydrogen-bond acceptors (Lipinski definition) is 2. The van der Waals surface area contributed by atoms with Crippen LogP contribution < -0.4 is 0 Å². The Hall–Kier alpha value is -1.09. The highest BCUT2D eigenvalue weighted by molar-refractivity contribution is 5.76. The molecule has 0 aliphatic heterocycles. The SMILES string of the molecule is CC(C)=CCC[C@@H](C)[C@@H]1CCC2C3=C(CC[C@@]21C)[C@@]1(C)CC[C@H](O)[C@@](C)(C(=O)O)[C@@H]1CC3. The zero-order chi connectivity index (χ0) is 23.5. The van der Waals surface area contributed by atoms with Gasteiger partial charge in [-0.25, -0.2) is 0 Å². The largest absolute Gasteiger partial charge is 0.481 e. The molecule has 3 nitrogen and oxygen atoms in total. The minimum absolute atomic E-state index is 0.0413. The Morgan fingerprint density at radius 1 is 1.09 bits per heavy atom. The van der Waals surface area contributed by atoms with Gasteiger partial charge in [0.15, 0.2) is 0 Å². The van der Waals surface area contributed by atoms with Crippen LogP contribution in [0.4, 0.5) is 0 Å². The van der Waals surface area contributed by atoms with Crippen molar-refractivity contribution in [3.05, 3.63) is 22.8 Å². The van der Waals surface area contributed by atoms with Crippen LogP contribution in [0.25, 0.3) is 0 Å². The van der Waals surface area contributed by atoms with Crippen molar-refractivity contribution in [1.82, 2.24) is 0 Å². The summed E-state index contributed by atoms with van der Waals surface area (Å²) in [6, 6.07) is 0. The standard InChI is InChI=1S/C29H46O3/c1-18(2)8-7-9-19(3)21-11-12-22-20-10-13-24-28(5,23(20)14-16-27(21,22)4)17-15-25(30)29(24,6)26(31)32/h8,19,21-22,24-25,30H,7,9-17H2,1-6H3,(H,31,32)/t19-,21+,22?,24-,25+,27-,28-,29+/m1/s1. The summed E-state index contributed by atoms with van der Waals surface area (Å²) in [4.78, 5) is 12.3. The molecule has 0 spiro atoms. The molecule has 2 N–H and O–H groups in total. The van der Waals surface area contributed by atoms with Gasteiger partial charge < -0.3 is 10.2 Å². The number of carboxylic acids is 1. The van der Waals surface area contributed by atoms with Gasteiger partial charge in [-0.1, -0.05) is 43.6 Å². The lowest BCUT2D eigenvalue weighted by Crippen LogP contribution is -2.58. The Labute approximate surface area is 195 Å². The van der Waals surface area contributed by atoms with E-state index in [0.29, 0.717) is 17.8 Å². The fourth-order valence-electron chi connectivity index (χ4n) is 9.08. The van der Waals surface area contributed by atoms with Crippen molar-refractivity contribution in [1.29, 1.82) is 0 Å². The van der Waals surface area contributed by atoms with Crippen LogP contribution in [0.2, 0.25) is 0 Å². The number of aliphatic hydroxyl groups excluding tert-OH is 1. The van der Waals surface area contributed by atoms with E-state index < -0.39 is 17.5 Å². The van der Waals surface area contributed by atoms with Gasteiger partial charge in [0, 0.05) is 0 Å². The number of rotatable bonds is 5. The molecular weight excluding hydrogens is 396 g/mol. The molecular formula is C29H46O3. The van der Waals surface area contributed by atoms with E-state index in [2.05, 4.69) is 40.7 Å². The summed E-state index contributed by atoms with van der Waals surface area (Å²) in [5.41, 5.74) is 4.06. The Morgan fingerprint density at radius 3 is 2.47 bits per heavy atom. The van der Waals surface area contributed by atoms with E-state index in [1.165, 1.54) is 37.7 Å². The van der Waals surface area contributed by atoms with Crippen molar-refractivity contribution in [3.63, 3.8) is 0 Å². The third-order valence-electron chi connectivity index (χ3n) is 11.0. The lowest BCUT2D eigenvalue weighted by atomic mass is 9.45. The zero-order valence-corrected chi connectivity index (χ0v) is 21.3. The first-order chi connectivity index (χ1) is 15.0. The van der Waals surface area contributed by atoms with Gasteiger partial charge in [-0.05, 0) is 119 Å². The smallest absolute Gasteiger partial charge is 0.312 e. The van der Waals surface area contributed by atoms with Crippen molar-refractivity contribution >= 4 is 5.97 Å². The van der Waals surface area contributed by atoms with Crippen LogP contribution in [0.5, 0.6) is 0 Å². The summed E-state index contributed by atoms with van der Waals surface area (Å²) >= 11 is 0. The Balaban J connectivity index is 1.62. The quantitative estimate of drug-likeness (QED) is 0.444. The molecule has 4 aliphatic rings. The van der Waals surface area contributed by atoms with Crippen LogP contribution in [-0.4, -0.2) is 22.3 Å². The third kappa shape index (κ3) is 3.44. The predicted molar refractivity (Wildman–Crippen MR) is 130 cm³/mol. The second kappa shape index (κ2) is 8.29. The Kier molecular flexibility index (Phi) is 6.23. The van der Waals surface area contributed by atoms with Crippen molar-refractivity contribution in [2.75, 3.05) is 0 Å². The number of aliphatic hydroxyl groups is 1. The van der Waals surface area contributed by atoms with Gasteiger partial charge in [0.25, 0.3) is 0 Å². The number of fused-ring (bicyclic) bond motifs is 4. The van der Waals surface area contributed by atoms with Crippen molar-refractivity contribution in [2.24, 2.45) is 39.9 Å². The first-order valence-electron chi connectivity index (χ1n) is 13.2. The first-order valence-corrected chi connectivity index (χ1v) is 13.2. The Bertz CT molecular complexity index is 820. The fourth-order valence-corrected chi connectivity index (χ4v) is 9.08. The molecule has 4 rings (SSSR count). The molecule has 180 valence electrons. The second-order valence-electron chi connectivity index (χ2n) is 12.7. The van der Waals surface area contributed by atoms with Crippen LogP contribution in [0.15, 0.2) is 22.8 Å². The molecule has 0 aromatic heterocycles. The van der Waals surface area contributed by atoms with E-state index >= 15 is 0 Å². The number of aliphatic carboxylic acids is 1. The summed E-state index contributed by atoms with van der Waals surface area (Å²) in [6.45, 7) is 13.6. The van der Waals surface area contributed by atoms with E-state index in [1.54, 1.807) is 11.1 Å². The monoisotopic (exact) mass is 442 g/mol. The summed E-state index contributed by atoms with van der Waals surface area (Å²) in [5.74, 6) is 1.48. The first kappa shape index (κ1) is 24.0. The van der Waals surface area contributed by atoms with Gasteiger partial charge in [-0.2, -0.15) is 0 Å². The summed E-state index contributed by atoms with van der Waals surface area (Å²) < 4.78 is 0. The van der Waals surface area contributed by atoms with Gasteiger partial charge in [0.05, 0.1) is 11.5 Å². The summed E-state index contributed by atoms with van der Waals surface area (Å²) in [6.07, 6.45) is 12.7. The lowest BCUT2D eigenvalue weighted by Gasteiger charge is -2.59. The molecule has 0 bridgehead atoms. The van der Waals surface area contributed by atoms with Gasteiger partial charge in [0.1, 0.15) is 0 Å². The zero-order valence-electron chi connectivity index (χ0n) is 21.3. The van der Waals surface area contributed by atoms with Gasteiger partial charge in [-0.3, -0.25) is 4.79 Å². The normalized spacial score (nSPS) is 44.3. The second-order valence-corrected chi connectivity index (χ2v) is 12.7. The molecule has 0 saturated heterocycles.